The number of benzene rings is 3. The molecule has 0 radical (unpaired) electrons. The summed E-state index contributed by atoms with van der Waals surface area (Å²) in [6, 6.07) is 26.1. The van der Waals surface area contributed by atoms with Crippen LogP contribution in [0.5, 0.6) is 0 Å². The Morgan fingerprint density at radius 1 is 1.00 bits per heavy atom. The molecule has 186 valence electrons. The number of aromatic nitrogens is 1. The van der Waals surface area contributed by atoms with Crippen molar-refractivity contribution in [2.24, 2.45) is 4.99 Å². The fourth-order valence-electron chi connectivity index (χ4n) is 4.52. The number of nitrogens with zero attached hydrogens (tertiary/aromatic N) is 2. The molecule has 0 saturated heterocycles. The van der Waals surface area contributed by atoms with Crippen LogP contribution in [0, 0.1) is 0 Å². The normalized spacial score (nSPS) is 15.7. The minimum absolute atomic E-state index is 0.101. The largest absolute Gasteiger partial charge is 0.506 e. The smallest absolute Gasteiger partial charge is 0.344 e. The highest BCUT2D eigenvalue weighted by Crippen LogP contribution is 2.41. The van der Waals surface area contributed by atoms with Crippen LogP contribution in [-0.2, 0) is 22.5 Å². The SMILES string of the molecule is CCOC(=O)C1=C(O)/C(=C/c2cn(Cc3ccccc3)c3c(CC)cccc23)SC1=Nc1ccccc1. The Bertz CT molecular complexity index is 1530. The summed E-state index contributed by atoms with van der Waals surface area (Å²) < 4.78 is 7.52. The van der Waals surface area contributed by atoms with Crippen LogP contribution < -0.4 is 0 Å². The van der Waals surface area contributed by atoms with E-state index in [2.05, 4.69) is 53.0 Å². The number of thioether (sulfide) groups is 1. The Balaban J connectivity index is 1.62. The van der Waals surface area contributed by atoms with E-state index in [1.165, 1.54) is 28.4 Å². The van der Waals surface area contributed by atoms with Crippen molar-refractivity contribution in [1.82, 2.24) is 4.57 Å². The second-order valence-corrected chi connectivity index (χ2v) is 9.70. The van der Waals surface area contributed by atoms with Gasteiger partial charge in [0.2, 0.25) is 0 Å². The molecule has 3 aromatic carbocycles. The lowest BCUT2D eigenvalue weighted by atomic mass is 10.1. The molecule has 0 amide bonds. The fourth-order valence-corrected chi connectivity index (χ4v) is 5.55. The third-order valence-electron chi connectivity index (χ3n) is 6.23. The molecule has 5 nitrogen and oxygen atoms in total. The van der Waals surface area contributed by atoms with E-state index in [9.17, 15) is 9.90 Å². The number of para-hydroxylation sites is 2. The number of fused-ring (bicyclic) bond motifs is 1. The van der Waals surface area contributed by atoms with Gasteiger partial charge in [-0.25, -0.2) is 9.79 Å². The molecule has 5 rings (SSSR count). The van der Waals surface area contributed by atoms with Crippen molar-refractivity contribution in [2.75, 3.05) is 6.61 Å². The van der Waals surface area contributed by atoms with Gasteiger partial charge in [0.1, 0.15) is 16.4 Å². The Morgan fingerprint density at radius 3 is 2.43 bits per heavy atom. The average molecular weight is 509 g/mol. The van der Waals surface area contributed by atoms with Gasteiger partial charge in [0, 0.05) is 23.7 Å². The summed E-state index contributed by atoms with van der Waals surface area (Å²) in [6.45, 7) is 4.85. The highest BCUT2D eigenvalue weighted by molar-refractivity contribution is 8.18. The second kappa shape index (κ2) is 10.9. The van der Waals surface area contributed by atoms with E-state index in [4.69, 9.17) is 4.74 Å². The number of carbonyl (C=O) groups excluding carboxylic acids is 1. The van der Waals surface area contributed by atoms with Crippen LogP contribution in [0.15, 0.2) is 106 Å². The van der Waals surface area contributed by atoms with Gasteiger partial charge in [-0.2, -0.15) is 0 Å². The van der Waals surface area contributed by atoms with Crippen LogP contribution in [-0.4, -0.2) is 27.3 Å². The van der Waals surface area contributed by atoms with Gasteiger partial charge in [0.15, 0.2) is 0 Å². The van der Waals surface area contributed by atoms with Crippen LogP contribution >= 0.6 is 11.8 Å². The molecule has 0 bridgehead atoms. The molecule has 0 atom stereocenters. The highest BCUT2D eigenvalue weighted by atomic mass is 32.2. The lowest BCUT2D eigenvalue weighted by molar-refractivity contribution is -0.138. The standard InChI is InChI=1S/C31H28N2O3S/c1-3-22-14-11-17-25-23(20-33(28(22)25)19-21-12-7-5-8-13-21)18-26-29(34)27(31(35)36-4-2)30(37-26)32-24-15-9-6-10-16-24/h5-18,20,34H,3-4,19H2,1-2H3/b26-18-,32-30?. The summed E-state index contributed by atoms with van der Waals surface area (Å²) in [4.78, 5) is 18.0. The van der Waals surface area contributed by atoms with Gasteiger partial charge < -0.3 is 14.4 Å². The van der Waals surface area contributed by atoms with Crippen molar-refractivity contribution in [3.63, 3.8) is 0 Å². The van der Waals surface area contributed by atoms with Crippen molar-refractivity contribution in [1.29, 1.82) is 0 Å². The third kappa shape index (κ3) is 5.11. The molecule has 37 heavy (non-hydrogen) atoms. The maximum absolute atomic E-state index is 12.8. The third-order valence-corrected chi connectivity index (χ3v) is 7.25. The Hall–Kier alpha value is -4.03. The van der Waals surface area contributed by atoms with E-state index in [1.54, 1.807) is 6.92 Å². The minimum atomic E-state index is -0.578. The summed E-state index contributed by atoms with van der Waals surface area (Å²) in [6.07, 6.45) is 4.97. The zero-order valence-electron chi connectivity index (χ0n) is 20.8. The van der Waals surface area contributed by atoms with Gasteiger partial charge in [-0.05, 0) is 42.7 Å². The Morgan fingerprint density at radius 2 is 1.73 bits per heavy atom. The number of rotatable bonds is 7. The second-order valence-electron chi connectivity index (χ2n) is 8.67. The molecule has 0 aliphatic carbocycles. The summed E-state index contributed by atoms with van der Waals surface area (Å²) in [7, 11) is 0. The van der Waals surface area contributed by atoms with Gasteiger partial charge in [0.05, 0.1) is 22.7 Å². The number of esters is 1. The van der Waals surface area contributed by atoms with Gasteiger partial charge in [0.25, 0.3) is 0 Å². The molecule has 4 aromatic rings. The first-order valence-corrected chi connectivity index (χ1v) is 13.2. The monoisotopic (exact) mass is 508 g/mol. The number of hydrogen-bond donors (Lipinski definition) is 1. The molecule has 0 unspecified atom stereocenters. The minimum Gasteiger partial charge on any atom is -0.506 e. The van der Waals surface area contributed by atoms with E-state index in [0.717, 1.165) is 23.9 Å². The van der Waals surface area contributed by atoms with Crippen molar-refractivity contribution in [3.8, 4) is 0 Å². The number of aryl methyl sites for hydroxylation is 1. The summed E-state index contributed by atoms with van der Waals surface area (Å²) in [5.74, 6) is -0.681. The van der Waals surface area contributed by atoms with Crippen LogP contribution in [0.3, 0.4) is 0 Å². The first-order valence-electron chi connectivity index (χ1n) is 12.4. The molecule has 0 saturated carbocycles. The predicted molar refractivity (Wildman–Crippen MR) is 152 cm³/mol. The van der Waals surface area contributed by atoms with E-state index < -0.39 is 5.97 Å². The molecule has 0 spiro atoms. The van der Waals surface area contributed by atoms with Crippen molar-refractivity contribution in [2.45, 2.75) is 26.8 Å². The van der Waals surface area contributed by atoms with E-state index >= 15 is 0 Å². The lowest BCUT2D eigenvalue weighted by Gasteiger charge is -2.08. The first kappa shape index (κ1) is 24.7. The zero-order chi connectivity index (χ0) is 25.8. The van der Waals surface area contributed by atoms with Crippen molar-refractivity contribution in [3.05, 3.63) is 118 Å². The molecule has 6 heteroatoms. The predicted octanol–water partition coefficient (Wildman–Crippen LogP) is 7.45. The van der Waals surface area contributed by atoms with Crippen molar-refractivity contribution >= 4 is 45.4 Å². The summed E-state index contributed by atoms with van der Waals surface area (Å²) in [5.41, 5.74) is 5.42. The summed E-state index contributed by atoms with van der Waals surface area (Å²) >= 11 is 1.28. The van der Waals surface area contributed by atoms with E-state index in [0.29, 0.717) is 15.6 Å². The van der Waals surface area contributed by atoms with E-state index in [1.807, 2.05) is 54.6 Å². The molecule has 1 N–H and O–H groups in total. The molecule has 2 heterocycles. The number of carbonyl (C=O) groups is 1. The Labute approximate surface area is 220 Å². The number of aliphatic hydroxyl groups excluding tert-OH is 1. The molecule has 1 aliphatic heterocycles. The average Bonchev–Trinajstić information content (AvgIpc) is 3.42. The van der Waals surface area contributed by atoms with Gasteiger partial charge >= 0.3 is 5.97 Å². The van der Waals surface area contributed by atoms with Gasteiger partial charge in [-0.15, -0.1) is 0 Å². The van der Waals surface area contributed by atoms with Gasteiger partial charge in [-0.1, -0.05) is 85.4 Å². The fraction of sp³-hybridized carbons (Fsp3) is 0.161. The van der Waals surface area contributed by atoms with Gasteiger partial charge in [-0.3, -0.25) is 0 Å². The molecular formula is C31H28N2O3S. The first-order chi connectivity index (χ1) is 18.1. The molecule has 1 aromatic heterocycles. The number of ether oxygens (including phenoxy) is 1. The topological polar surface area (TPSA) is 63.8 Å². The number of hydrogen-bond acceptors (Lipinski definition) is 5. The summed E-state index contributed by atoms with van der Waals surface area (Å²) in [5, 5.41) is 12.7. The molecular weight excluding hydrogens is 480 g/mol. The lowest BCUT2D eigenvalue weighted by Crippen LogP contribution is -2.12. The van der Waals surface area contributed by atoms with Crippen molar-refractivity contribution < 1.29 is 14.6 Å². The number of aliphatic imine (C=N–C) groups is 1. The molecule has 1 aliphatic rings. The zero-order valence-corrected chi connectivity index (χ0v) is 21.7. The maximum Gasteiger partial charge on any atom is 0.344 e. The van der Waals surface area contributed by atoms with Crippen LogP contribution in [0.1, 0.15) is 30.5 Å². The highest BCUT2D eigenvalue weighted by Gasteiger charge is 2.33. The van der Waals surface area contributed by atoms with Crippen LogP contribution in [0.25, 0.3) is 17.0 Å². The number of aliphatic hydroxyl groups is 1. The quantitative estimate of drug-likeness (QED) is 0.263. The van der Waals surface area contributed by atoms with Crippen LogP contribution in [0.2, 0.25) is 0 Å². The maximum atomic E-state index is 12.8. The Kier molecular flexibility index (Phi) is 7.28. The van der Waals surface area contributed by atoms with Crippen LogP contribution in [0.4, 0.5) is 5.69 Å². The van der Waals surface area contributed by atoms with E-state index in [-0.39, 0.29) is 17.9 Å². The molecule has 0 fully saturated rings.